The van der Waals surface area contributed by atoms with E-state index in [1.807, 2.05) is 56.4 Å². The molecule has 2 aliphatic rings. The first-order valence-electron chi connectivity index (χ1n) is 17.1. The number of carbonyl (C=O) groups excluding carboxylic acids is 3. The molecule has 10 nitrogen and oxygen atoms in total. The van der Waals surface area contributed by atoms with Crippen LogP contribution in [0.3, 0.4) is 0 Å². The third-order valence-corrected chi connectivity index (χ3v) is 9.53. The Hall–Kier alpha value is -4.41. The summed E-state index contributed by atoms with van der Waals surface area (Å²) in [5, 5.41) is 15.9. The van der Waals surface area contributed by atoms with Crippen LogP contribution in [-0.4, -0.2) is 71.5 Å². The number of hydrogen-bond donors (Lipinski definition) is 4. The minimum absolute atomic E-state index is 0.0190. The zero-order valence-electron chi connectivity index (χ0n) is 28.3. The molecule has 5 rings (SSSR count). The number of nitrogens with zero attached hydrogens (tertiary/aromatic N) is 2. The first-order chi connectivity index (χ1) is 23.1. The third kappa shape index (κ3) is 8.93. The van der Waals surface area contributed by atoms with Crippen molar-refractivity contribution >= 4 is 34.8 Å². The number of aliphatic hydroxyl groups is 1. The highest BCUT2D eigenvalue weighted by Crippen LogP contribution is 2.31. The number of hydrogen-bond acceptors (Lipinski definition) is 7. The van der Waals surface area contributed by atoms with Crippen molar-refractivity contribution in [3.05, 3.63) is 83.4 Å². The lowest BCUT2D eigenvalue weighted by molar-refractivity contribution is -0.134. The van der Waals surface area contributed by atoms with Crippen molar-refractivity contribution < 1.29 is 24.2 Å². The summed E-state index contributed by atoms with van der Waals surface area (Å²) >= 11 is 0. The summed E-state index contributed by atoms with van der Waals surface area (Å²) in [5.41, 5.74) is 10.0. The number of nitrogens with two attached hydrogens (primary N) is 1. The summed E-state index contributed by atoms with van der Waals surface area (Å²) in [6.07, 6.45) is 4.98. The number of carbonyl (C=O) groups is 3. The highest BCUT2D eigenvalue weighted by molar-refractivity contribution is 6.05. The van der Waals surface area contributed by atoms with Gasteiger partial charge in [-0.2, -0.15) is 0 Å². The van der Waals surface area contributed by atoms with Gasteiger partial charge in [-0.3, -0.25) is 19.3 Å². The Kier molecular flexibility index (Phi) is 11.7. The maximum absolute atomic E-state index is 13.6. The predicted octanol–water partition coefficient (Wildman–Crippen LogP) is 5.32. The van der Waals surface area contributed by atoms with Gasteiger partial charge in [0.1, 0.15) is 11.9 Å². The van der Waals surface area contributed by atoms with Crippen molar-refractivity contribution in [2.24, 2.45) is 11.8 Å². The molecule has 0 spiro atoms. The van der Waals surface area contributed by atoms with Crippen molar-refractivity contribution in [1.82, 2.24) is 9.80 Å². The molecule has 0 unspecified atom stereocenters. The molecule has 3 aromatic rings. The predicted molar refractivity (Wildman–Crippen MR) is 189 cm³/mol. The average molecular weight is 656 g/mol. The second kappa shape index (κ2) is 16.1. The molecule has 1 aliphatic carbocycles. The van der Waals surface area contributed by atoms with Crippen LogP contribution in [0.15, 0.2) is 66.7 Å². The second-order valence-corrected chi connectivity index (χ2v) is 13.5. The number of rotatable bonds is 10. The van der Waals surface area contributed by atoms with Crippen LogP contribution in [-0.2, 0) is 22.6 Å². The average Bonchev–Trinajstić information content (AvgIpc) is 3.13. The molecule has 1 aliphatic heterocycles. The first kappa shape index (κ1) is 34.9. The van der Waals surface area contributed by atoms with Gasteiger partial charge in [-0.25, -0.2) is 0 Å². The van der Waals surface area contributed by atoms with Crippen LogP contribution >= 0.6 is 0 Å². The molecule has 48 heavy (non-hydrogen) atoms. The molecule has 3 atom stereocenters. The molecule has 3 amide bonds. The van der Waals surface area contributed by atoms with E-state index in [1.165, 1.54) is 6.42 Å². The third-order valence-electron chi connectivity index (χ3n) is 9.53. The van der Waals surface area contributed by atoms with Crippen LogP contribution in [0.2, 0.25) is 0 Å². The number of fused-ring (bicyclic) bond motifs is 1. The number of aliphatic hydroxyl groups excluding tert-OH is 1. The fourth-order valence-corrected chi connectivity index (χ4v) is 6.58. The normalized spacial score (nSPS) is 19.4. The van der Waals surface area contributed by atoms with Gasteiger partial charge in [0.25, 0.3) is 5.91 Å². The van der Waals surface area contributed by atoms with Gasteiger partial charge >= 0.3 is 0 Å². The van der Waals surface area contributed by atoms with Crippen LogP contribution in [0.25, 0.3) is 0 Å². The smallest absolute Gasteiger partial charge is 0.255 e. The van der Waals surface area contributed by atoms with E-state index in [-0.39, 0.29) is 54.7 Å². The van der Waals surface area contributed by atoms with E-state index in [0.717, 1.165) is 31.2 Å². The van der Waals surface area contributed by atoms with Gasteiger partial charge in [0.15, 0.2) is 0 Å². The van der Waals surface area contributed by atoms with E-state index in [2.05, 4.69) is 22.5 Å². The molecule has 1 fully saturated rings. The van der Waals surface area contributed by atoms with Crippen molar-refractivity contribution in [2.45, 2.75) is 71.1 Å². The maximum Gasteiger partial charge on any atom is 0.255 e. The molecule has 1 heterocycles. The molecule has 0 saturated heterocycles. The summed E-state index contributed by atoms with van der Waals surface area (Å²) in [5.74, 6) is 0.314. The second-order valence-electron chi connectivity index (χ2n) is 13.5. The van der Waals surface area contributed by atoms with Gasteiger partial charge in [-0.05, 0) is 74.8 Å². The zero-order chi connectivity index (χ0) is 34.2. The molecule has 0 radical (unpaired) electrons. The summed E-state index contributed by atoms with van der Waals surface area (Å²) in [6, 6.07) is 19.9. The molecular formula is C38H49N5O5. The summed E-state index contributed by atoms with van der Waals surface area (Å²) < 4.78 is 6.68. The lowest BCUT2D eigenvalue weighted by Crippen LogP contribution is -2.47. The highest BCUT2D eigenvalue weighted by Gasteiger charge is 2.31. The Balaban J connectivity index is 1.29. The van der Waals surface area contributed by atoms with Crippen LogP contribution in [0.1, 0.15) is 67.4 Å². The molecule has 0 bridgehead atoms. The van der Waals surface area contributed by atoms with Gasteiger partial charge < -0.3 is 31.1 Å². The highest BCUT2D eigenvalue weighted by atomic mass is 16.5. The van der Waals surface area contributed by atoms with Gasteiger partial charge in [0.05, 0.1) is 30.4 Å². The molecule has 0 aromatic heterocycles. The zero-order valence-corrected chi connectivity index (χ0v) is 28.3. The standard InChI is InChI=1S/C38H49N5O5/c1-25-21-43(26(2)24-44)36(45)20-30-19-31(40-37(46)28-9-5-4-6-10-28)17-18-34(30)48-35(25)23-42(3)22-27-13-15-29(16-14-27)38(47)41-33-12-8-7-11-32(33)39/h7-8,11-19,25-26,28,35,44H,4-6,9-10,20-24,39H2,1-3H3,(H,40,46)(H,41,47)/t25-,26+,35-/m1/s1. The fraction of sp³-hybridized carbons (Fsp3) is 0.447. The number of amides is 3. The number of anilines is 3. The van der Waals surface area contributed by atoms with Crippen molar-refractivity contribution in [1.29, 1.82) is 0 Å². The van der Waals surface area contributed by atoms with Crippen molar-refractivity contribution in [3.8, 4) is 5.75 Å². The minimum Gasteiger partial charge on any atom is -0.488 e. The van der Waals surface area contributed by atoms with E-state index in [9.17, 15) is 19.5 Å². The van der Waals surface area contributed by atoms with E-state index >= 15 is 0 Å². The van der Waals surface area contributed by atoms with E-state index in [1.54, 1.807) is 29.2 Å². The molecule has 5 N–H and O–H groups in total. The Morgan fingerprint density at radius 3 is 2.48 bits per heavy atom. The molecule has 3 aromatic carbocycles. The Labute approximate surface area is 283 Å². The van der Waals surface area contributed by atoms with Gasteiger partial charge in [0, 0.05) is 48.3 Å². The Bertz CT molecular complexity index is 1570. The number of para-hydroxylation sites is 2. The Morgan fingerprint density at radius 2 is 1.77 bits per heavy atom. The van der Waals surface area contributed by atoms with E-state index in [0.29, 0.717) is 53.6 Å². The maximum atomic E-state index is 13.6. The lowest BCUT2D eigenvalue weighted by Gasteiger charge is -2.34. The van der Waals surface area contributed by atoms with E-state index < -0.39 is 0 Å². The lowest BCUT2D eigenvalue weighted by atomic mass is 9.88. The van der Waals surface area contributed by atoms with Crippen LogP contribution < -0.4 is 21.1 Å². The molecule has 10 heteroatoms. The van der Waals surface area contributed by atoms with Crippen molar-refractivity contribution in [2.75, 3.05) is 43.1 Å². The van der Waals surface area contributed by atoms with E-state index in [4.69, 9.17) is 10.5 Å². The largest absolute Gasteiger partial charge is 0.488 e. The quantitative estimate of drug-likeness (QED) is 0.217. The summed E-state index contributed by atoms with van der Waals surface area (Å²) in [6.45, 7) is 5.42. The first-order valence-corrected chi connectivity index (χ1v) is 17.1. The molecule has 256 valence electrons. The number of likely N-dealkylation sites (N-methyl/N-ethyl adjacent to an activating group) is 1. The van der Waals surface area contributed by atoms with Crippen LogP contribution in [0.5, 0.6) is 5.75 Å². The minimum atomic E-state index is -0.344. The molecular weight excluding hydrogens is 606 g/mol. The number of ether oxygens (including phenoxy) is 1. The van der Waals surface area contributed by atoms with Gasteiger partial charge in [-0.15, -0.1) is 0 Å². The van der Waals surface area contributed by atoms with Crippen molar-refractivity contribution in [3.63, 3.8) is 0 Å². The van der Waals surface area contributed by atoms with Crippen LogP contribution in [0.4, 0.5) is 17.1 Å². The number of benzene rings is 3. The SMILES string of the molecule is C[C@@H]1CN([C@@H](C)CO)C(=O)Cc2cc(NC(=O)C3CCCCC3)ccc2O[C@@H]1CN(C)Cc1ccc(C(=O)Nc2ccccc2N)cc1. The number of nitrogens with one attached hydrogen (secondary N) is 2. The van der Waals surface area contributed by atoms with Gasteiger partial charge in [-0.1, -0.05) is 50.5 Å². The van der Waals surface area contributed by atoms with Gasteiger partial charge in [0.2, 0.25) is 11.8 Å². The Morgan fingerprint density at radius 1 is 1.04 bits per heavy atom. The number of nitrogen functional groups attached to an aromatic ring is 1. The van der Waals surface area contributed by atoms with Crippen LogP contribution in [0, 0.1) is 11.8 Å². The topological polar surface area (TPSA) is 137 Å². The fourth-order valence-electron chi connectivity index (χ4n) is 6.58. The molecule has 1 saturated carbocycles. The summed E-state index contributed by atoms with van der Waals surface area (Å²) in [4.78, 5) is 43.3. The summed E-state index contributed by atoms with van der Waals surface area (Å²) in [7, 11) is 2.02. The monoisotopic (exact) mass is 655 g/mol.